The van der Waals surface area contributed by atoms with Gasteiger partial charge in [0.2, 0.25) is 0 Å². The van der Waals surface area contributed by atoms with Crippen molar-refractivity contribution in [3.05, 3.63) is 70.0 Å². The van der Waals surface area contributed by atoms with Crippen molar-refractivity contribution >= 4 is 23.1 Å². The molecular weight excluding hydrogens is 386 g/mol. The Balaban J connectivity index is 1.67. The molecule has 0 atom stereocenters. The average Bonchev–Trinajstić information content (AvgIpc) is 3.44. The van der Waals surface area contributed by atoms with E-state index in [1.807, 2.05) is 11.0 Å². The summed E-state index contributed by atoms with van der Waals surface area (Å²) < 4.78 is 1.34. The topological polar surface area (TPSA) is 130 Å². The maximum absolute atomic E-state index is 12.9. The van der Waals surface area contributed by atoms with Crippen LogP contribution in [-0.4, -0.2) is 38.7 Å². The van der Waals surface area contributed by atoms with Crippen molar-refractivity contribution in [1.29, 1.82) is 5.26 Å². The zero-order chi connectivity index (χ0) is 21.1. The van der Waals surface area contributed by atoms with Crippen molar-refractivity contribution in [3.63, 3.8) is 0 Å². The third kappa shape index (κ3) is 3.56. The number of amides is 1. The van der Waals surface area contributed by atoms with Gasteiger partial charge in [0.1, 0.15) is 17.3 Å². The van der Waals surface area contributed by atoms with Gasteiger partial charge in [-0.3, -0.25) is 14.9 Å². The summed E-state index contributed by atoms with van der Waals surface area (Å²) in [4.78, 5) is 30.1. The Kier molecular flexibility index (Phi) is 5.09. The Bertz CT molecular complexity index is 1140. The number of hydrogen-bond acceptors (Lipinski definition) is 7. The number of anilines is 2. The zero-order valence-corrected chi connectivity index (χ0v) is 15.9. The van der Waals surface area contributed by atoms with Crippen molar-refractivity contribution in [2.45, 2.75) is 12.8 Å². The van der Waals surface area contributed by atoms with E-state index in [9.17, 15) is 20.2 Å². The molecule has 1 aromatic carbocycles. The minimum atomic E-state index is -0.583. The Morgan fingerprint density at radius 2 is 2.03 bits per heavy atom. The standard InChI is InChI=1S/C20H17N7O3/c21-12-15-13-23-26(18-5-1-2-8-22-18)19(15)24-20(28)14-6-7-16(17(11-14)27(29)30)25-9-3-4-10-25/h1-2,5-8,11,13H,3-4,9-10H2,(H,24,28). The lowest BCUT2D eigenvalue weighted by Crippen LogP contribution is -2.20. The van der Waals surface area contributed by atoms with Crippen LogP contribution >= 0.6 is 0 Å². The fourth-order valence-corrected chi connectivity index (χ4v) is 3.42. The highest BCUT2D eigenvalue weighted by molar-refractivity contribution is 6.05. The molecule has 10 heteroatoms. The number of benzene rings is 1. The molecule has 30 heavy (non-hydrogen) atoms. The third-order valence-corrected chi connectivity index (χ3v) is 4.87. The molecular formula is C20H17N7O3. The van der Waals surface area contributed by atoms with Crippen LogP contribution in [0, 0.1) is 21.4 Å². The van der Waals surface area contributed by atoms with Gasteiger partial charge in [0, 0.05) is 30.9 Å². The van der Waals surface area contributed by atoms with E-state index >= 15 is 0 Å². The van der Waals surface area contributed by atoms with Gasteiger partial charge in [-0.1, -0.05) is 6.07 Å². The molecule has 1 N–H and O–H groups in total. The van der Waals surface area contributed by atoms with Gasteiger partial charge in [0.15, 0.2) is 11.6 Å². The summed E-state index contributed by atoms with van der Waals surface area (Å²) in [5.41, 5.74) is 0.646. The average molecular weight is 403 g/mol. The number of nitrogens with zero attached hydrogens (tertiary/aromatic N) is 6. The predicted molar refractivity (Wildman–Crippen MR) is 109 cm³/mol. The molecule has 1 fully saturated rings. The van der Waals surface area contributed by atoms with E-state index in [-0.39, 0.29) is 22.6 Å². The highest BCUT2D eigenvalue weighted by Gasteiger charge is 2.25. The first-order valence-electron chi connectivity index (χ1n) is 9.33. The van der Waals surface area contributed by atoms with Gasteiger partial charge in [-0.25, -0.2) is 4.98 Å². The lowest BCUT2D eigenvalue weighted by molar-refractivity contribution is -0.384. The van der Waals surface area contributed by atoms with E-state index in [0.717, 1.165) is 25.9 Å². The van der Waals surface area contributed by atoms with Crippen LogP contribution < -0.4 is 10.2 Å². The maximum Gasteiger partial charge on any atom is 0.293 e. The van der Waals surface area contributed by atoms with Gasteiger partial charge in [0.25, 0.3) is 11.6 Å². The number of carbonyl (C=O) groups is 1. The molecule has 2 aromatic heterocycles. The Labute approximate surface area is 171 Å². The minimum Gasteiger partial charge on any atom is -0.366 e. The van der Waals surface area contributed by atoms with Crippen LogP contribution in [0.3, 0.4) is 0 Å². The molecule has 10 nitrogen and oxygen atoms in total. The van der Waals surface area contributed by atoms with Gasteiger partial charge < -0.3 is 10.2 Å². The molecule has 0 saturated carbocycles. The van der Waals surface area contributed by atoms with Crippen molar-refractivity contribution < 1.29 is 9.72 Å². The fraction of sp³-hybridized carbons (Fsp3) is 0.200. The van der Waals surface area contributed by atoms with Gasteiger partial charge in [-0.05, 0) is 37.1 Å². The van der Waals surface area contributed by atoms with Gasteiger partial charge in [0.05, 0.1) is 11.1 Å². The van der Waals surface area contributed by atoms with Crippen molar-refractivity contribution in [2.24, 2.45) is 0 Å². The molecule has 0 radical (unpaired) electrons. The minimum absolute atomic E-state index is 0.113. The molecule has 1 aliphatic rings. The van der Waals surface area contributed by atoms with Crippen LogP contribution in [0.25, 0.3) is 5.82 Å². The summed E-state index contributed by atoms with van der Waals surface area (Å²) >= 11 is 0. The first-order valence-corrected chi connectivity index (χ1v) is 9.33. The number of pyridine rings is 1. The number of rotatable bonds is 5. The Hall–Kier alpha value is -4.26. The van der Waals surface area contributed by atoms with Crippen LogP contribution in [0.1, 0.15) is 28.8 Å². The van der Waals surface area contributed by atoms with E-state index < -0.39 is 10.8 Å². The van der Waals surface area contributed by atoms with Crippen molar-refractivity contribution in [1.82, 2.24) is 14.8 Å². The maximum atomic E-state index is 12.9. The Morgan fingerprint density at radius 3 is 2.70 bits per heavy atom. The van der Waals surface area contributed by atoms with Gasteiger partial charge >= 0.3 is 0 Å². The van der Waals surface area contributed by atoms with E-state index in [0.29, 0.717) is 11.5 Å². The highest BCUT2D eigenvalue weighted by atomic mass is 16.6. The lowest BCUT2D eigenvalue weighted by atomic mass is 10.1. The first kappa shape index (κ1) is 19.1. The number of aromatic nitrogens is 3. The fourth-order valence-electron chi connectivity index (χ4n) is 3.42. The van der Waals surface area contributed by atoms with Gasteiger partial charge in [-0.2, -0.15) is 15.0 Å². The molecule has 150 valence electrons. The molecule has 3 aromatic rings. The second-order valence-corrected chi connectivity index (χ2v) is 6.73. The number of nitro benzene ring substituents is 1. The van der Waals surface area contributed by atoms with E-state index in [1.54, 1.807) is 36.5 Å². The number of carbonyl (C=O) groups excluding carboxylic acids is 1. The molecule has 0 aliphatic carbocycles. The lowest BCUT2D eigenvalue weighted by Gasteiger charge is -2.18. The highest BCUT2D eigenvalue weighted by Crippen LogP contribution is 2.32. The van der Waals surface area contributed by atoms with Crippen LogP contribution in [-0.2, 0) is 0 Å². The van der Waals surface area contributed by atoms with E-state index in [1.165, 1.54) is 16.9 Å². The predicted octanol–water partition coefficient (Wildman–Crippen LogP) is 2.90. The molecule has 0 bridgehead atoms. The smallest absolute Gasteiger partial charge is 0.293 e. The molecule has 0 spiro atoms. The zero-order valence-electron chi connectivity index (χ0n) is 15.9. The molecule has 1 aliphatic heterocycles. The summed E-state index contributed by atoms with van der Waals surface area (Å²) in [7, 11) is 0. The number of nitrogens with one attached hydrogen (secondary N) is 1. The number of nitro groups is 1. The summed E-state index contributed by atoms with van der Waals surface area (Å²) in [5.74, 6) is -0.0163. The number of hydrogen-bond donors (Lipinski definition) is 1. The summed E-state index contributed by atoms with van der Waals surface area (Å²) in [6, 6.07) is 11.5. The third-order valence-electron chi connectivity index (χ3n) is 4.87. The SMILES string of the molecule is N#Cc1cnn(-c2ccccn2)c1NC(=O)c1ccc(N2CCCC2)c([N+](=O)[O-])c1. The number of nitriles is 1. The largest absolute Gasteiger partial charge is 0.366 e. The van der Waals surface area contributed by atoms with E-state index in [4.69, 9.17) is 0 Å². The van der Waals surface area contributed by atoms with Crippen LogP contribution in [0.2, 0.25) is 0 Å². The van der Waals surface area contributed by atoms with E-state index in [2.05, 4.69) is 15.4 Å². The van der Waals surface area contributed by atoms with Crippen LogP contribution in [0.15, 0.2) is 48.8 Å². The van der Waals surface area contributed by atoms with Crippen LogP contribution in [0.5, 0.6) is 0 Å². The molecule has 4 rings (SSSR count). The second-order valence-electron chi connectivity index (χ2n) is 6.73. The van der Waals surface area contributed by atoms with Crippen LogP contribution in [0.4, 0.5) is 17.2 Å². The molecule has 1 amide bonds. The molecule has 0 unspecified atom stereocenters. The van der Waals surface area contributed by atoms with Crippen molar-refractivity contribution in [3.8, 4) is 11.9 Å². The summed E-state index contributed by atoms with van der Waals surface area (Å²) in [5, 5.41) is 27.7. The Morgan fingerprint density at radius 1 is 1.23 bits per heavy atom. The van der Waals surface area contributed by atoms with Crippen molar-refractivity contribution in [2.75, 3.05) is 23.3 Å². The molecule has 3 heterocycles. The molecule has 1 saturated heterocycles. The van der Waals surface area contributed by atoms with Gasteiger partial charge in [-0.15, -0.1) is 0 Å². The quantitative estimate of drug-likeness (QED) is 0.512. The summed E-state index contributed by atoms with van der Waals surface area (Å²) in [6.07, 6.45) is 4.85. The monoisotopic (exact) mass is 403 g/mol. The first-order chi connectivity index (χ1) is 14.6. The second kappa shape index (κ2) is 8.00. The summed E-state index contributed by atoms with van der Waals surface area (Å²) in [6.45, 7) is 1.50. The normalized spacial score (nSPS) is 13.1.